The second-order valence-electron chi connectivity index (χ2n) is 6.82. The van der Waals surface area contributed by atoms with E-state index in [1.807, 2.05) is 19.9 Å². The summed E-state index contributed by atoms with van der Waals surface area (Å²) in [6.45, 7) is 4.24. The Bertz CT molecular complexity index is 978. The van der Waals surface area contributed by atoms with Crippen LogP contribution in [0.4, 0.5) is 0 Å². The molecule has 28 heavy (non-hydrogen) atoms. The van der Waals surface area contributed by atoms with Crippen LogP contribution in [0, 0.1) is 0 Å². The summed E-state index contributed by atoms with van der Waals surface area (Å²) in [5.74, 6) is -0.384. The van der Waals surface area contributed by atoms with E-state index in [9.17, 15) is 13.2 Å². The zero-order valence-corrected chi connectivity index (χ0v) is 18.3. The van der Waals surface area contributed by atoms with E-state index in [1.54, 1.807) is 18.2 Å². The van der Waals surface area contributed by atoms with Gasteiger partial charge in [-0.2, -0.15) is 0 Å². The minimum Gasteiger partial charge on any atom is -0.351 e. The highest BCUT2D eigenvalue weighted by molar-refractivity contribution is 7.89. The van der Waals surface area contributed by atoms with Gasteiger partial charge in [-0.3, -0.25) is 9.63 Å². The van der Waals surface area contributed by atoms with Crippen molar-refractivity contribution < 1.29 is 18.0 Å². The lowest BCUT2D eigenvalue weighted by molar-refractivity contribution is -0.0258. The third-order valence-electron chi connectivity index (χ3n) is 4.38. The summed E-state index contributed by atoms with van der Waals surface area (Å²) in [7, 11) is -1.31. The number of benzene rings is 2. The van der Waals surface area contributed by atoms with Crippen molar-refractivity contribution in [3.05, 3.63) is 63.6 Å². The number of hydrogen-bond acceptors (Lipinski definition) is 4. The van der Waals surface area contributed by atoms with Crippen LogP contribution in [-0.4, -0.2) is 39.5 Å². The lowest BCUT2D eigenvalue weighted by atomic mass is 9.84. The van der Waals surface area contributed by atoms with E-state index in [4.69, 9.17) is 28.0 Å². The summed E-state index contributed by atoms with van der Waals surface area (Å²) in [5.41, 5.74) is 0.736. The number of carbonyl (C=O) groups excluding carboxylic acids is 1. The first-order chi connectivity index (χ1) is 13.0. The molecule has 0 aliphatic heterocycles. The van der Waals surface area contributed by atoms with Crippen LogP contribution in [0.25, 0.3) is 0 Å². The predicted molar refractivity (Wildman–Crippen MR) is 110 cm³/mol. The third-order valence-corrected chi connectivity index (χ3v) is 6.80. The van der Waals surface area contributed by atoms with Gasteiger partial charge in [-0.15, -0.1) is 0 Å². The number of carbonyl (C=O) groups is 1. The molecular weight excluding hydrogens is 423 g/mol. The van der Waals surface area contributed by atoms with Crippen molar-refractivity contribution in [3.8, 4) is 0 Å². The van der Waals surface area contributed by atoms with Crippen molar-refractivity contribution in [1.29, 1.82) is 0 Å². The molecule has 0 atom stereocenters. The first kappa shape index (κ1) is 22.6. The third kappa shape index (κ3) is 5.04. The average Bonchev–Trinajstić information content (AvgIpc) is 2.67. The van der Waals surface area contributed by atoms with Crippen LogP contribution in [0.5, 0.6) is 0 Å². The number of amides is 1. The summed E-state index contributed by atoms with van der Waals surface area (Å²) >= 11 is 12.0. The number of rotatable bonds is 7. The Hall–Kier alpha value is -1.64. The SMILES string of the molecule is CON(C)S(=O)(=O)c1cccc(C(=O)NCC(C)(C)c2ccc(Cl)c(Cl)c2)c1. The van der Waals surface area contributed by atoms with Crippen LogP contribution in [0.15, 0.2) is 47.4 Å². The van der Waals surface area contributed by atoms with Crippen LogP contribution in [0.3, 0.4) is 0 Å². The number of nitrogens with one attached hydrogen (secondary N) is 1. The zero-order chi connectivity index (χ0) is 21.1. The lowest BCUT2D eigenvalue weighted by Crippen LogP contribution is -2.36. The molecule has 152 valence electrons. The number of halogens is 2. The second kappa shape index (κ2) is 8.80. The minimum absolute atomic E-state index is 0.0340. The van der Waals surface area contributed by atoms with Crippen molar-refractivity contribution in [2.75, 3.05) is 20.7 Å². The largest absolute Gasteiger partial charge is 0.351 e. The molecule has 0 aromatic heterocycles. The fourth-order valence-electron chi connectivity index (χ4n) is 2.47. The molecular formula is C19H22Cl2N2O4S. The Morgan fingerprint density at radius 1 is 1.14 bits per heavy atom. The van der Waals surface area contributed by atoms with Crippen LogP contribution in [0.1, 0.15) is 29.8 Å². The van der Waals surface area contributed by atoms with Crippen LogP contribution >= 0.6 is 23.2 Å². The molecule has 1 amide bonds. The molecule has 6 nitrogen and oxygen atoms in total. The molecule has 0 fully saturated rings. The highest BCUT2D eigenvalue weighted by atomic mass is 35.5. The highest BCUT2D eigenvalue weighted by Gasteiger charge is 2.24. The quantitative estimate of drug-likeness (QED) is 0.657. The Kier molecular flexibility index (Phi) is 7.12. The predicted octanol–water partition coefficient (Wildman–Crippen LogP) is 3.88. The van der Waals surface area contributed by atoms with E-state index in [0.717, 1.165) is 10.0 Å². The van der Waals surface area contributed by atoms with E-state index in [0.29, 0.717) is 16.6 Å². The summed E-state index contributed by atoms with van der Waals surface area (Å²) in [6.07, 6.45) is 0. The molecule has 0 saturated carbocycles. The Morgan fingerprint density at radius 3 is 2.43 bits per heavy atom. The molecule has 0 unspecified atom stereocenters. The first-order valence-electron chi connectivity index (χ1n) is 8.36. The van der Waals surface area contributed by atoms with E-state index in [-0.39, 0.29) is 16.4 Å². The maximum Gasteiger partial charge on any atom is 0.264 e. The standard InChI is InChI=1S/C19H22Cl2N2O4S/c1-19(2,14-8-9-16(20)17(21)11-14)12-22-18(24)13-6-5-7-15(10-13)28(25,26)23(3)27-4/h5-11H,12H2,1-4H3,(H,22,24). The number of hydrogen-bond donors (Lipinski definition) is 1. The molecule has 0 aliphatic carbocycles. The normalized spacial score (nSPS) is 12.2. The molecule has 0 heterocycles. The van der Waals surface area contributed by atoms with Gasteiger partial charge in [0.25, 0.3) is 15.9 Å². The van der Waals surface area contributed by atoms with Gasteiger partial charge < -0.3 is 5.32 Å². The number of hydroxylamine groups is 1. The van der Waals surface area contributed by atoms with Crippen molar-refractivity contribution in [3.63, 3.8) is 0 Å². The number of nitrogens with zero attached hydrogens (tertiary/aromatic N) is 1. The second-order valence-corrected chi connectivity index (χ2v) is 9.57. The molecule has 2 aromatic carbocycles. The van der Waals surface area contributed by atoms with E-state index >= 15 is 0 Å². The summed E-state index contributed by atoms with van der Waals surface area (Å²) in [6, 6.07) is 11.1. The number of sulfonamides is 1. The molecule has 0 spiro atoms. The molecule has 0 saturated heterocycles. The van der Waals surface area contributed by atoms with Gasteiger partial charge in [0.2, 0.25) is 0 Å². The van der Waals surface area contributed by atoms with Crippen molar-refractivity contribution in [2.45, 2.75) is 24.2 Å². The Labute approximate surface area is 175 Å². The fourth-order valence-corrected chi connectivity index (χ4v) is 3.78. The molecule has 0 radical (unpaired) electrons. The topological polar surface area (TPSA) is 75.7 Å². The monoisotopic (exact) mass is 444 g/mol. The first-order valence-corrected chi connectivity index (χ1v) is 10.6. The van der Waals surface area contributed by atoms with E-state index in [1.165, 1.54) is 32.4 Å². The van der Waals surface area contributed by atoms with Gasteiger partial charge in [-0.05, 0) is 35.9 Å². The highest BCUT2D eigenvalue weighted by Crippen LogP contribution is 2.29. The van der Waals surface area contributed by atoms with Gasteiger partial charge in [0.15, 0.2) is 0 Å². The van der Waals surface area contributed by atoms with Crippen molar-refractivity contribution in [2.24, 2.45) is 0 Å². The maximum absolute atomic E-state index is 12.6. The van der Waals surface area contributed by atoms with Gasteiger partial charge in [0.05, 0.1) is 22.1 Å². The Morgan fingerprint density at radius 2 is 1.82 bits per heavy atom. The van der Waals surface area contributed by atoms with Gasteiger partial charge in [-0.1, -0.05) is 53.7 Å². The van der Waals surface area contributed by atoms with Crippen LogP contribution in [0.2, 0.25) is 10.0 Å². The molecule has 9 heteroatoms. The zero-order valence-electron chi connectivity index (χ0n) is 16.0. The fraction of sp³-hybridized carbons (Fsp3) is 0.316. The lowest BCUT2D eigenvalue weighted by Gasteiger charge is -2.26. The molecule has 1 N–H and O–H groups in total. The van der Waals surface area contributed by atoms with Crippen LogP contribution in [-0.2, 0) is 20.3 Å². The summed E-state index contributed by atoms with van der Waals surface area (Å²) in [5, 5.41) is 3.74. The molecule has 0 aliphatic rings. The summed E-state index contributed by atoms with van der Waals surface area (Å²) < 4.78 is 25.4. The van der Waals surface area contributed by atoms with Crippen molar-refractivity contribution >= 4 is 39.1 Å². The van der Waals surface area contributed by atoms with Crippen molar-refractivity contribution in [1.82, 2.24) is 9.79 Å². The van der Waals surface area contributed by atoms with Crippen LogP contribution < -0.4 is 5.32 Å². The van der Waals surface area contributed by atoms with E-state index < -0.39 is 15.4 Å². The van der Waals surface area contributed by atoms with Gasteiger partial charge in [0, 0.05) is 24.6 Å². The van der Waals surface area contributed by atoms with Gasteiger partial charge in [-0.25, -0.2) is 8.42 Å². The summed E-state index contributed by atoms with van der Waals surface area (Å²) in [4.78, 5) is 17.3. The Balaban J connectivity index is 2.17. The maximum atomic E-state index is 12.6. The van der Waals surface area contributed by atoms with E-state index in [2.05, 4.69) is 5.32 Å². The van der Waals surface area contributed by atoms with Gasteiger partial charge >= 0.3 is 0 Å². The molecule has 2 aromatic rings. The minimum atomic E-state index is -3.84. The smallest absolute Gasteiger partial charge is 0.264 e. The average molecular weight is 445 g/mol. The molecule has 0 bridgehead atoms. The molecule has 2 rings (SSSR count). The van der Waals surface area contributed by atoms with Gasteiger partial charge in [0.1, 0.15) is 0 Å².